The summed E-state index contributed by atoms with van der Waals surface area (Å²) in [4.78, 5) is 56.1. The summed E-state index contributed by atoms with van der Waals surface area (Å²) in [5.41, 5.74) is 13.9. The minimum atomic E-state index is 0.194. The third kappa shape index (κ3) is 9.63. The van der Waals surface area contributed by atoms with Crippen LogP contribution in [0.15, 0.2) is 72.2 Å². The average molecular weight is 688 g/mol. The molecule has 14 nitrogen and oxygen atoms in total. The molecular weight excluding hydrogens is 655 g/mol. The van der Waals surface area contributed by atoms with Crippen LogP contribution in [-0.4, -0.2) is 92.3 Å². The molecule has 0 unspecified atom stereocenters. The molecule has 5 heterocycles. The summed E-state index contributed by atoms with van der Waals surface area (Å²) in [6, 6.07) is 12.1. The van der Waals surface area contributed by atoms with Gasteiger partial charge in [-0.3, -0.25) is 14.4 Å². The van der Waals surface area contributed by atoms with Crippen LogP contribution in [0.1, 0.15) is 10.5 Å². The Morgan fingerprint density at radius 2 is 1.40 bits per heavy atom. The van der Waals surface area contributed by atoms with Gasteiger partial charge in [-0.1, -0.05) is 0 Å². The Bertz CT molecular complexity index is 2020. The van der Waals surface area contributed by atoms with Gasteiger partial charge >= 0.3 is 0 Å². The van der Waals surface area contributed by atoms with E-state index in [0.29, 0.717) is 31.3 Å². The van der Waals surface area contributed by atoms with Crippen LogP contribution >= 0.6 is 22.7 Å². The zero-order chi connectivity index (χ0) is 34.1. The Labute approximate surface area is 283 Å². The molecule has 0 radical (unpaired) electrons. The van der Waals surface area contributed by atoms with E-state index < -0.39 is 0 Å². The maximum absolute atomic E-state index is 10.5. The second-order valence-corrected chi connectivity index (χ2v) is 11.3. The summed E-state index contributed by atoms with van der Waals surface area (Å²) in [7, 11) is 3.33. The fraction of sp³-hybridized carbons (Fsp3) is 0.188. The van der Waals surface area contributed by atoms with E-state index in [-0.39, 0.29) is 12.6 Å². The number of carbonyl (C=O) groups excluding carboxylic acids is 3. The number of aldehydes is 3. The summed E-state index contributed by atoms with van der Waals surface area (Å²) in [5, 5.41) is 0. The first-order chi connectivity index (χ1) is 23.5. The normalized spacial score (nSPS) is 10.3. The summed E-state index contributed by atoms with van der Waals surface area (Å²) < 4.78 is 14.1. The molecular formula is C32H33N9O5S2. The Hall–Kier alpha value is -5.26. The molecule has 5 aromatic heterocycles. The smallest absolute Gasteiger partial charge is 0.182 e. The van der Waals surface area contributed by atoms with Gasteiger partial charge in [0.1, 0.15) is 17.3 Å². The molecule has 7 aromatic rings. The van der Waals surface area contributed by atoms with Crippen molar-refractivity contribution < 1.29 is 23.9 Å². The van der Waals surface area contributed by atoms with E-state index in [1.54, 1.807) is 43.1 Å². The summed E-state index contributed by atoms with van der Waals surface area (Å²) >= 11 is 3.24. The van der Waals surface area contributed by atoms with E-state index in [1.165, 1.54) is 10.9 Å². The van der Waals surface area contributed by atoms with Gasteiger partial charge in [-0.05, 0) is 36.4 Å². The van der Waals surface area contributed by atoms with Gasteiger partial charge in [-0.25, -0.2) is 24.9 Å². The van der Waals surface area contributed by atoms with Gasteiger partial charge in [-0.2, -0.15) is 0 Å². The number of H-pyrrole nitrogens is 2. The number of aromatic amines is 2. The molecule has 0 aliphatic heterocycles. The van der Waals surface area contributed by atoms with Crippen molar-refractivity contribution in [3.63, 3.8) is 0 Å². The molecule has 0 saturated heterocycles. The lowest BCUT2D eigenvalue weighted by Gasteiger charge is -2.05. The molecule has 7 rings (SSSR count). The fourth-order valence-electron chi connectivity index (χ4n) is 4.18. The predicted molar refractivity (Wildman–Crippen MR) is 186 cm³/mol. The topological polar surface area (TPSA) is 197 Å². The van der Waals surface area contributed by atoms with Crippen LogP contribution in [-0.2, 0) is 25.6 Å². The van der Waals surface area contributed by atoms with Crippen molar-refractivity contribution in [2.24, 2.45) is 5.73 Å². The lowest BCUT2D eigenvalue weighted by molar-refractivity contribution is -0.122. The first-order valence-electron chi connectivity index (χ1n) is 14.4. The summed E-state index contributed by atoms with van der Waals surface area (Å²) in [6.07, 6.45) is 8.20. The standard InChI is InChI=1S/C16H15N5OS.C11H7N3OS.C3H9NO.C2H2O2/c1-22-7-6-21-5-4-17-16(21)13-9-18-15(20-13)11-2-3-14-12(8-11)19-10-23-14;15-5-8-4-12-11(14-8)7-1-2-10-9(3-7)13-6-16-10;1-5-3-2-4;3-1-2-4/h2-5,8-10H,6-7H2,1H3,(H,18,20);1-6H,(H,12,14);2-4H2,1H3;1-2H. The van der Waals surface area contributed by atoms with Crippen molar-refractivity contribution in [2.75, 3.05) is 34.0 Å². The summed E-state index contributed by atoms with van der Waals surface area (Å²) in [5.74, 6) is 2.36. The number of hydrogen-bond donors (Lipinski definition) is 3. The number of nitrogens with one attached hydrogen (secondary N) is 2. The second kappa shape index (κ2) is 18.8. The van der Waals surface area contributed by atoms with E-state index in [0.717, 1.165) is 57.0 Å². The van der Waals surface area contributed by atoms with E-state index in [2.05, 4.69) is 51.8 Å². The van der Waals surface area contributed by atoms with Gasteiger partial charge in [0.15, 0.2) is 24.7 Å². The van der Waals surface area contributed by atoms with Gasteiger partial charge in [0.2, 0.25) is 0 Å². The predicted octanol–water partition coefficient (Wildman–Crippen LogP) is 4.67. The number of rotatable bonds is 10. The lowest BCUT2D eigenvalue weighted by atomic mass is 10.2. The van der Waals surface area contributed by atoms with Crippen LogP contribution in [0.25, 0.3) is 54.7 Å². The van der Waals surface area contributed by atoms with Crippen LogP contribution in [0.5, 0.6) is 0 Å². The summed E-state index contributed by atoms with van der Waals surface area (Å²) in [6.45, 7) is 2.69. The highest BCUT2D eigenvalue weighted by Crippen LogP contribution is 2.26. The Morgan fingerprint density at radius 1 is 0.792 bits per heavy atom. The number of hydrogen-bond acceptors (Lipinski definition) is 13. The number of methoxy groups -OCH3 is 2. The zero-order valence-corrected chi connectivity index (χ0v) is 27.7. The first-order valence-corrected chi connectivity index (χ1v) is 16.1. The third-order valence-electron chi connectivity index (χ3n) is 6.38. The van der Waals surface area contributed by atoms with E-state index in [9.17, 15) is 4.79 Å². The minimum Gasteiger partial charge on any atom is -0.383 e. The molecule has 48 heavy (non-hydrogen) atoms. The van der Waals surface area contributed by atoms with Crippen molar-refractivity contribution in [1.29, 1.82) is 0 Å². The molecule has 4 N–H and O–H groups in total. The van der Waals surface area contributed by atoms with Crippen molar-refractivity contribution in [1.82, 2.24) is 39.5 Å². The van der Waals surface area contributed by atoms with Crippen molar-refractivity contribution >= 4 is 62.0 Å². The van der Waals surface area contributed by atoms with Gasteiger partial charge in [0.05, 0.1) is 62.8 Å². The molecule has 2 aromatic carbocycles. The number of nitrogens with zero attached hydrogens (tertiary/aromatic N) is 6. The Kier molecular flexibility index (Phi) is 13.9. The molecule has 16 heteroatoms. The number of carbonyl (C=O) groups is 3. The Balaban J connectivity index is 0.000000180. The average Bonchev–Trinajstić information content (AvgIpc) is 3.97. The lowest BCUT2D eigenvalue weighted by Crippen LogP contribution is -2.05. The number of fused-ring (bicyclic) bond motifs is 2. The second-order valence-electron chi connectivity index (χ2n) is 9.51. The van der Waals surface area contributed by atoms with Gasteiger partial charge in [-0.15, -0.1) is 22.7 Å². The highest BCUT2D eigenvalue weighted by Gasteiger charge is 2.11. The molecule has 0 amide bonds. The number of aromatic nitrogens is 8. The number of ether oxygens (including phenoxy) is 2. The van der Waals surface area contributed by atoms with Crippen molar-refractivity contribution in [3.05, 3.63) is 77.9 Å². The number of imidazole rings is 3. The highest BCUT2D eigenvalue weighted by molar-refractivity contribution is 7.17. The van der Waals surface area contributed by atoms with Crippen LogP contribution in [0.4, 0.5) is 0 Å². The monoisotopic (exact) mass is 687 g/mol. The van der Waals surface area contributed by atoms with E-state index in [1.807, 2.05) is 52.2 Å². The van der Waals surface area contributed by atoms with Crippen molar-refractivity contribution in [3.8, 4) is 34.3 Å². The molecule has 0 bridgehead atoms. The fourth-order valence-corrected chi connectivity index (χ4v) is 5.49. The quantitative estimate of drug-likeness (QED) is 0.133. The van der Waals surface area contributed by atoms with Crippen LogP contribution in [0.3, 0.4) is 0 Å². The van der Waals surface area contributed by atoms with Gasteiger partial charge in [0, 0.05) is 50.8 Å². The van der Waals surface area contributed by atoms with Gasteiger partial charge < -0.3 is 29.7 Å². The van der Waals surface area contributed by atoms with Crippen molar-refractivity contribution in [2.45, 2.75) is 6.54 Å². The van der Waals surface area contributed by atoms with Crippen LogP contribution < -0.4 is 5.73 Å². The zero-order valence-electron chi connectivity index (χ0n) is 26.1. The Morgan fingerprint density at radius 3 is 1.92 bits per heavy atom. The molecule has 0 atom stereocenters. The molecule has 248 valence electrons. The first kappa shape index (κ1) is 35.6. The third-order valence-corrected chi connectivity index (χ3v) is 8.00. The number of nitrogens with two attached hydrogens (primary N) is 1. The molecule has 0 fully saturated rings. The van der Waals surface area contributed by atoms with E-state index in [4.69, 9.17) is 20.1 Å². The highest BCUT2D eigenvalue weighted by atomic mass is 32.1. The minimum absolute atomic E-state index is 0.194. The number of benzene rings is 2. The number of thiazole rings is 2. The maximum Gasteiger partial charge on any atom is 0.182 e. The van der Waals surface area contributed by atoms with Gasteiger partial charge in [0.25, 0.3) is 0 Å². The SMILES string of the molecule is COCCN.COCCn1ccnc1-c1cnc(-c2ccc3scnc3c2)[nH]1.O=CC=O.O=Cc1cnc(-c2ccc3scnc3c2)[nH]1. The van der Waals surface area contributed by atoms with Crippen LogP contribution in [0.2, 0.25) is 0 Å². The van der Waals surface area contributed by atoms with Crippen LogP contribution in [0, 0.1) is 0 Å². The largest absolute Gasteiger partial charge is 0.383 e. The maximum atomic E-state index is 10.5. The molecule has 0 aliphatic rings. The van der Waals surface area contributed by atoms with E-state index >= 15 is 0 Å². The molecule has 0 saturated carbocycles. The molecule has 0 aliphatic carbocycles. The molecule has 0 spiro atoms.